The Morgan fingerprint density at radius 3 is 2.94 bits per heavy atom. The zero-order chi connectivity index (χ0) is 11.4. The average molecular weight is 224 g/mol. The third kappa shape index (κ3) is 2.65. The van der Waals surface area contributed by atoms with Crippen LogP contribution in [0, 0.1) is 0 Å². The van der Waals surface area contributed by atoms with Gasteiger partial charge < -0.3 is 15.8 Å². The first-order valence-electron chi connectivity index (χ1n) is 6.44. The lowest BCUT2D eigenvalue weighted by atomic mass is 9.74. The maximum absolute atomic E-state index is 5.85. The van der Waals surface area contributed by atoms with Crippen LogP contribution in [-0.4, -0.2) is 31.8 Å². The summed E-state index contributed by atoms with van der Waals surface area (Å²) in [6.45, 7) is 1.80. The van der Waals surface area contributed by atoms with Gasteiger partial charge in [0.15, 0.2) is 0 Å². The fourth-order valence-electron chi connectivity index (χ4n) is 2.81. The van der Waals surface area contributed by atoms with Gasteiger partial charge in [-0.25, -0.2) is 0 Å². The van der Waals surface area contributed by atoms with E-state index in [9.17, 15) is 0 Å². The number of rotatable bonds is 6. The first-order valence-corrected chi connectivity index (χ1v) is 6.44. The van der Waals surface area contributed by atoms with Crippen LogP contribution in [0.4, 0.5) is 0 Å². The smallest absolute Gasteiger partial charge is 0.0607 e. The molecule has 0 bridgehead atoms. The third-order valence-corrected chi connectivity index (χ3v) is 4.04. The predicted octanol–water partition coefficient (Wildman–Crippen LogP) is 1.58. The lowest BCUT2D eigenvalue weighted by Gasteiger charge is -2.47. The third-order valence-electron chi connectivity index (χ3n) is 4.04. The summed E-state index contributed by atoms with van der Waals surface area (Å²) in [6.07, 6.45) is 10.1. The number of hydrogen-bond donors (Lipinski definition) is 2. The molecule has 0 radical (unpaired) electrons. The molecule has 0 atom stereocenters. The normalized spacial score (nSPS) is 33.6. The highest BCUT2D eigenvalue weighted by Gasteiger charge is 2.42. The van der Waals surface area contributed by atoms with Crippen molar-refractivity contribution in [1.29, 1.82) is 0 Å². The molecule has 2 rings (SSSR count). The molecule has 16 heavy (non-hydrogen) atoms. The Kier molecular flexibility index (Phi) is 4.00. The summed E-state index contributed by atoms with van der Waals surface area (Å²) in [5.41, 5.74) is 7.64. The molecule has 3 nitrogen and oxygen atoms in total. The van der Waals surface area contributed by atoms with Crippen LogP contribution < -0.4 is 11.1 Å². The summed E-state index contributed by atoms with van der Waals surface area (Å²) in [5, 5.41) is 3.63. The molecule has 0 saturated heterocycles. The molecule has 0 heterocycles. The SMILES string of the molecule is COC1CC(CN)(NCCC2=CCCC2)C1. The molecule has 3 N–H and O–H groups in total. The number of hydrogen-bond acceptors (Lipinski definition) is 3. The van der Waals surface area contributed by atoms with Crippen molar-refractivity contribution in [3.63, 3.8) is 0 Å². The maximum atomic E-state index is 5.85. The van der Waals surface area contributed by atoms with Crippen molar-refractivity contribution in [3.8, 4) is 0 Å². The zero-order valence-corrected chi connectivity index (χ0v) is 10.3. The Morgan fingerprint density at radius 1 is 1.56 bits per heavy atom. The highest BCUT2D eigenvalue weighted by atomic mass is 16.5. The topological polar surface area (TPSA) is 47.3 Å². The van der Waals surface area contributed by atoms with Crippen LogP contribution in [0.15, 0.2) is 11.6 Å². The van der Waals surface area contributed by atoms with Crippen molar-refractivity contribution >= 4 is 0 Å². The van der Waals surface area contributed by atoms with E-state index in [-0.39, 0.29) is 5.54 Å². The van der Waals surface area contributed by atoms with Gasteiger partial charge in [-0.15, -0.1) is 0 Å². The van der Waals surface area contributed by atoms with Gasteiger partial charge >= 0.3 is 0 Å². The Bertz CT molecular complexity index is 257. The van der Waals surface area contributed by atoms with E-state index < -0.39 is 0 Å². The second-order valence-corrected chi connectivity index (χ2v) is 5.18. The van der Waals surface area contributed by atoms with E-state index in [0.29, 0.717) is 6.10 Å². The van der Waals surface area contributed by atoms with E-state index in [4.69, 9.17) is 10.5 Å². The molecule has 92 valence electrons. The van der Waals surface area contributed by atoms with Gasteiger partial charge in [-0.2, -0.15) is 0 Å². The van der Waals surface area contributed by atoms with Gasteiger partial charge in [-0.05, 0) is 45.1 Å². The van der Waals surface area contributed by atoms with Gasteiger partial charge in [0.1, 0.15) is 0 Å². The highest BCUT2D eigenvalue weighted by Crippen LogP contribution is 2.33. The molecule has 1 saturated carbocycles. The van der Waals surface area contributed by atoms with Gasteiger partial charge in [0.2, 0.25) is 0 Å². The number of methoxy groups -OCH3 is 1. The summed E-state index contributed by atoms with van der Waals surface area (Å²) in [4.78, 5) is 0. The molecular weight excluding hydrogens is 200 g/mol. The van der Waals surface area contributed by atoms with E-state index in [2.05, 4.69) is 11.4 Å². The van der Waals surface area contributed by atoms with Crippen LogP contribution in [0.25, 0.3) is 0 Å². The van der Waals surface area contributed by atoms with Crippen molar-refractivity contribution in [2.45, 2.75) is 50.2 Å². The zero-order valence-electron chi connectivity index (χ0n) is 10.3. The van der Waals surface area contributed by atoms with Gasteiger partial charge in [-0.3, -0.25) is 0 Å². The Morgan fingerprint density at radius 2 is 2.38 bits per heavy atom. The minimum Gasteiger partial charge on any atom is -0.381 e. The van der Waals surface area contributed by atoms with Crippen molar-refractivity contribution in [1.82, 2.24) is 5.32 Å². The summed E-state index contributed by atoms with van der Waals surface area (Å²) >= 11 is 0. The summed E-state index contributed by atoms with van der Waals surface area (Å²) in [7, 11) is 1.79. The Hall–Kier alpha value is -0.380. The monoisotopic (exact) mass is 224 g/mol. The fraction of sp³-hybridized carbons (Fsp3) is 0.846. The molecule has 1 fully saturated rings. The lowest BCUT2D eigenvalue weighted by molar-refractivity contribution is -0.0261. The van der Waals surface area contributed by atoms with Gasteiger partial charge in [0, 0.05) is 19.2 Å². The van der Waals surface area contributed by atoms with Crippen molar-refractivity contribution in [3.05, 3.63) is 11.6 Å². The Labute approximate surface area is 98.4 Å². The summed E-state index contributed by atoms with van der Waals surface area (Å²) < 4.78 is 5.32. The molecule has 2 aliphatic rings. The molecule has 0 aliphatic heterocycles. The molecule has 0 aromatic heterocycles. The van der Waals surface area contributed by atoms with Crippen molar-refractivity contribution in [2.24, 2.45) is 5.73 Å². The fourth-order valence-corrected chi connectivity index (χ4v) is 2.81. The molecule has 3 heteroatoms. The Balaban J connectivity index is 1.68. The number of nitrogens with one attached hydrogen (secondary N) is 1. The number of allylic oxidation sites excluding steroid dienone is 1. The number of ether oxygens (including phenoxy) is 1. The standard InChI is InChI=1S/C13H24N2O/c1-16-12-8-13(9-12,10-14)15-7-6-11-4-2-3-5-11/h4,12,15H,2-3,5-10,14H2,1H3. The quantitative estimate of drug-likeness (QED) is 0.673. The molecule has 0 amide bonds. The van der Waals surface area contributed by atoms with Crippen LogP contribution >= 0.6 is 0 Å². The van der Waals surface area contributed by atoms with E-state index in [0.717, 1.165) is 25.9 Å². The van der Waals surface area contributed by atoms with Crippen LogP contribution in [0.2, 0.25) is 0 Å². The van der Waals surface area contributed by atoms with Gasteiger partial charge in [0.05, 0.1) is 6.10 Å². The van der Waals surface area contributed by atoms with E-state index >= 15 is 0 Å². The lowest BCUT2D eigenvalue weighted by Crippen LogP contribution is -2.62. The summed E-state index contributed by atoms with van der Waals surface area (Å²) in [5.74, 6) is 0. The van der Waals surface area contributed by atoms with E-state index in [1.54, 1.807) is 12.7 Å². The second kappa shape index (κ2) is 5.30. The maximum Gasteiger partial charge on any atom is 0.0607 e. The molecule has 0 aromatic carbocycles. The van der Waals surface area contributed by atoms with E-state index in [1.165, 1.54) is 25.7 Å². The van der Waals surface area contributed by atoms with Gasteiger partial charge in [0.25, 0.3) is 0 Å². The molecule has 0 spiro atoms. The first kappa shape index (κ1) is 12.1. The van der Waals surface area contributed by atoms with Crippen molar-refractivity contribution < 1.29 is 4.74 Å². The number of nitrogens with two attached hydrogens (primary N) is 1. The molecule has 0 aromatic rings. The molecule has 0 unspecified atom stereocenters. The largest absolute Gasteiger partial charge is 0.381 e. The van der Waals surface area contributed by atoms with Crippen LogP contribution in [-0.2, 0) is 4.74 Å². The minimum absolute atomic E-state index is 0.167. The minimum atomic E-state index is 0.167. The van der Waals surface area contributed by atoms with E-state index in [1.807, 2.05) is 0 Å². The van der Waals surface area contributed by atoms with Crippen LogP contribution in [0.5, 0.6) is 0 Å². The first-order chi connectivity index (χ1) is 7.78. The van der Waals surface area contributed by atoms with Crippen LogP contribution in [0.1, 0.15) is 38.5 Å². The van der Waals surface area contributed by atoms with Crippen molar-refractivity contribution in [2.75, 3.05) is 20.2 Å². The van der Waals surface area contributed by atoms with Crippen LogP contribution in [0.3, 0.4) is 0 Å². The second-order valence-electron chi connectivity index (χ2n) is 5.18. The average Bonchev–Trinajstić information content (AvgIpc) is 2.74. The predicted molar refractivity (Wildman–Crippen MR) is 66.4 cm³/mol. The van der Waals surface area contributed by atoms with Gasteiger partial charge in [-0.1, -0.05) is 11.6 Å². The molecule has 2 aliphatic carbocycles. The molecular formula is C13H24N2O. The highest BCUT2D eigenvalue weighted by molar-refractivity contribution is 5.09. The summed E-state index contributed by atoms with van der Waals surface area (Å²) in [6, 6.07) is 0.